The van der Waals surface area contributed by atoms with Gasteiger partial charge in [-0.25, -0.2) is 9.31 Å². The van der Waals surface area contributed by atoms with Gasteiger partial charge in [-0.15, -0.1) is 0 Å². The lowest BCUT2D eigenvalue weighted by molar-refractivity contribution is 0.0324. The predicted molar refractivity (Wildman–Crippen MR) is 112 cm³/mol. The fourth-order valence-corrected chi connectivity index (χ4v) is 3.71. The summed E-state index contributed by atoms with van der Waals surface area (Å²) in [5, 5.41) is 4.51. The van der Waals surface area contributed by atoms with Crippen molar-refractivity contribution in [3.8, 4) is 11.3 Å². The van der Waals surface area contributed by atoms with E-state index in [2.05, 4.69) is 17.0 Å². The number of aryl methyl sites for hydroxylation is 2. The monoisotopic (exact) mass is 393 g/mol. The van der Waals surface area contributed by atoms with Gasteiger partial charge in [-0.05, 0) is 68.7 Å². The lowest BCUT2D eigenvalue weighted by Gasteiger charge is -2.25. The standard InChI is InChI=1S/C23H27N3O3/c1-5-15(4)29-23(28)20-19(16-7-6-8-16)21-22(27)24-18(12-26(21)25-20)17-10-9-13(2)14(3)11-17/h9-12,15-16H,5-8H2,1-4H3,(H,24,27). The molecule has 1 unspecified atom stereocenters. The van der Waals surface area contributed by atoms with Crippen LogP contribution in [0.5, 0.6) is 0 Å². The Morgan fingerprint density at radius 2 is 2.07 bits per heavy atom. The molecule has 3 aromatic rings. The van der Waals surface area contributed by atoms with Gasteiger partial charge in [0.05, 0.1) is 18.0 Å². The van der Waals surface area contributed by atoms with Crippen molar-refractivity contribution in [2.75, 3.05) is 0 Å². The number of fused-ring (bicyclic) bond motifs is 1. The molecule has 6 heteroatoms. The first-order chi connectivity index (χ1) is 13.9. The fraction of sp³-hybridized carbons (Fsp3) is 0.435. The normalized spacial score (nSPS) is 15.3. The van der Waals surface area contributed by atoms with E-state index in [4.69, 9.17) is 4.74 Å². The average Bonchev–Trinajstić information content (AvgIpc) is 3.02. The topological polar surface area (TPSA) is 76.5 Å². The van der Waals surface area contributed by atoms with Gasteiger partial charge in [0.15, 0.2) is 5.69 Å². The molecule has 6 nitrogen and oxygen atoms in total. The highest BCUT2D eigenvalue weighted by atomic mass is 16.5. The first-order valence-electron chi connectivity index (χ1n) is 10.3. The van der Waals surface area contributed by atoms with Gasteiger partial charge in [-0.2, -0.15) is 5.10 Å². The van der Waals surface area contributed by atoms with E-state index in [0.717, 1.165) is 42.4 Å². The Labute approximate surface area is 169 Å². The van der Waals surface area contributed by atoms with Crippen LogP contribution in [0, 0.1) is 13.8 Å². The number of ether oxygens (including phenoxy) is 1. The lowest BCUT2D eigenvalue weighted by Crippen LogP contribution is -2.19. The number of esters is 1. The number of rotatable bonds is 5. The third-order valence-electron chi connectivity index (χ3n) is 6.07. The van der Waals surface area contributed by atoms with Crippen molar-refractivity contribution >= 4 is 11.5 Å². The summed E-state index contributed by atoms with van der Waals surface area (Å²) in [7, 11) is 0. The molecule has 1 fully saturated rings. The second-order valence-corrected chi connectivity index (χ2v) is 8.10. The molecule has 1 aliphatic carbocycles. The number of nitrogens with one attached hydrogen (secondary N) is 1. The summed E-state index contributed by atoms with van der Waals surface area (Å²) in [4.78, 5) is 28.8. The molecule has 0 radical (unpaired) electrons. The van der Waals surface area contributed by atoms with E-state index in [9.17, 15) is 9.59 Å². The zero-order valence-corrected chi connectivity index (χ0v) is 17.4. The molecule has 1 aromatic carbocycles. The number of hydrogen-bond donors (Lipinski definition) is 1. The van der Waals surface area contributed by atoms with Crippen molar-refractivity contribution in [2.24, 2.45) is 0 Å². The predicted octanol–water partition coefficient (Wildman–Crippen LogP) is 4.53. The molecule has 1 atom stereocenters. The second-order valence-electron chi connectivity index (χ2n) is 8.10. The van der Waals surface area contributed by atoms with Crippen LogP contribution in [0.4, 0.5) is 0 Å². The van der Waals surface area contributed by atoms with Crippen molar-refractivity contribution in [1.82, 2.24) is 14.6 Å². The quantitative estimate of drug-likeness (QED) is 0.646. The highest BCUT2D eigenvalue weighted by molar-refractivity contribution is 5.92. The molecule has 1 aliphatic rings. The molecule has 0 aliphatic heterocycles. The number of benzene rings is 1. The van der Waals surface area contributed by atoms with Gasteiger partial charge in [0.2, 0.25) is 0 Å². The number of nitrogens with zero attached hydrogens (tertiary/aromatic N) is 2. The van der Waals surface area contributed by atoms with E-state index in [0.29, 0.717) is 11.2 Å². The zero-order valence-electron chi connectivity index (χ0n) is 17.4. The van der Waals surface area contributed by atoms with Crippen LogP contribution >= 0.6 is 0 Å². The Kier molecular flexibility index (Phi) is 5.03. The smallest absolute Gasteiger partial charge is 0.359 e. The lowest BCUT2D eigenvalue weighted by atomic mass is 9.79. The van der Waals surface area contributed by atoms with Crippen LogP contribution in [0.3, 0.4) is 0 Å². The minimum Gasteiger partial charge on any atom is -0.458 e. The van der Waals surface area contributed by atoms with Crippen LogP contribution in [0.2, 0.25) is 0 Å². The largest absolute Gasteiger partial charge is 0.458 e. The van der Waals surface area contributed by atoms with E-state index in [-0.39, 0.29) is 23.3 Å². The molecule has 1 N–H and O–H groups in total. The third kappa shape index (κ3) is 3.48. The Hall–Kier alpha value is -2.89. The molecule has 29 heavy (non-hydrogen) atoms. The highest BCUT2D eigenvalue weighted by Crippen LogP contribution is 2.40. The first-order valence-corrected chi connectivity index (χ1v) is 10.3. The van der Waals surface area contributed by atoms with Crippen molar-refractivity contribution in [3.05, 3.63) is 57.1 Å². The van der Waals surface area contributed by atoms with Crippen LogP contribution < -0.4 is 5.56 Å². The molecule has 152 valence electrons. The molecule has 0 saturated heterocycles. The molecule has 4 rings (SSSR count). The SMILES string of the molecule is CCC(C)OC(=O)c1nn2cc(-c3ccc(C)c(C)c3)[nH]c(=O)c2c1C1CCC1. The van der Waals surface area contributed by atoms with E-state index >= 15 is 0 Å². The highest BCUT2D eigenvalue weighted by Gasteiger charge is 2.32. The van der Waals surface area contributed by atoms with E-state index in [1.54, 1.807) is 10.7 Å². The van der Waals surface area contributed by atoms with Gasteiger partial charge in [0, 0.05) is 5.56 Å². The third-order valence-corrected chi connectivity index (χ3v) is 6.07. The van der Waals surface area contributed by atoms with E-state index < -0.39 is 5.97 Å². The zero-order chi connectivity index (χ0) is 20.7. The number of aromatic amines is 1. The maximum Gasteiger partial charge on any atom is 0.359 e. The molecule has 0 amide bonds. The second kappa shape index (κ2) is 7.50. The molecule has 0 spiro atoms. The fourth-order valence-electron chi connectivity index (χ4n) is 3.71. The van der Waals surface area contributed by atoms with E-state index in [1.807, 2.05) is 39.0 Å². The minimum atomic E-state index is -0.447. The maximum absolute atomic E-state index is 13.0. The van der Waals surface area contributed by atoms with Crippen molar-refractivity contribution in [2.45, 2.75) is 65.4 Å². The average molecular weight is 393 g/mol. The summed E-state index contributed by atoms with van der Waals surface area (Å²) in [6, 6.07) is 6.06. The molecule has 2 heterocycles. The Balaban J connectivity index is 1.86. The van der Waals surface area contributed by atoms with Gasteiger partial charge in [-0.3, -0.25) is 4.79 Å². The molecule has 0 bridgehead atoms. The Morgan fingerprint density at radius 3 is 2.69 bits per heavy atom. The van der Waals surface area contributed by atoms with Crippen LogP contribution in [-0.4, -0.2) is 26.7 Å². The summed E-state index contributed by atoms with van der Waals surface area (Å²) in [6.45, 7) is 7.93. The van der Waals surface area contributed by atoms with Crippen LogP contribution in [0.15, 0.2) is 29.2 Å². The number of H-pyrrole nitrogens is 1. The van der Waals surface area contributed by atoms with Crippen molar-refractivity contribution < 1.29 is 9.53 Å². The van der Waals surface area contributed by atoms with Gasteiger partial charge in [0.1, 0.15) is 5.52 Å². The molecule has 2 aromatic heterocycles. The minimum absolute atomic E-state index is 0.181. The summed E-state index contributed by atoms with van der Waals surface area (Å²) < 4.78 is 7.09. The van der Waals surface area contributed by atoms with E-state index in [1.165, 1.54) is 5.56 Å². The van der Waals surface area contributed by atoms with Gasteiger partial charge in [-0.1, -0.05) is 25.5 Å². The summed E-state index contributed by atoms with van der Waals surface area (Å²) >= 11 is 0. The summed E-state index contributed by atoms with van der Waals surface area (Å²) in [6.07, 6.45) is 5.36. The summed E-state index contributed by atoms with van der Waals surface area (Å²) in [5.74, 6) is -0.266. The van der Waals surface area contributed by atoms with Crippen molar-refractivity contribution in [1.29, 1.82) is 0 Å². The molecule has 1 saturated carbocycles. The molecular formula is C23H27N3O3. The first kappa shape index (κ1) is 19.4. The van der Waals surface area contributed by atoms with Crippen molar-refractivity contribution in [3.63, 3.8) is 0 Å². The maximum atomic E-state index is 13.0. The Bertz CT molecular complexity index is 1140. The number of hydrogen-bond acceptors (Lipinski definition) is 4. The van der Waals surface area contributed by atoms with Gasteiger partial charge in [0.25, 0.3) is 5.56 Å². The van der Waals surface area contributed by atoms with Crippen LogP contribution in [0.25, 0.3) is 16.8 Å². The Morgan fingerprint density at radius 1 is 1.31 bits per heavy atom. The van der Waals surface area contributed by atoms with Crippen LogP contribution in [-0.2, 0) is 4.74 Å². The summed E-state index contributed by atoms with van der Waals surface area (Å²) in [5.41, 5.74) is 5.17. The number of aromatic nitrogens is 3. The molecular weight excluding hydrogens is 366 g/mol. The van der Waals surface area contributed by atoms with Gasteiger partial charge >= 0.3 is 5.97 Å². The van der Waals surface area contributed by atoms with Gasteiger partial charge < -0.3 is 9.72 Å². The van der Waals surface area contributed by atoms with Crippen LogP contribution in [0.1, 0.15) is 72.6 Å². The number of carbonyl (C=O) groups is 1. The number of carbonyl (C=O) groups excluding carboxylic acids is 1.